The van der Waals surface area contributed by atoms with Crippen LogP contribution in [0.15, 0.2) is 6.20 Å². The summed E-state index contributed by atoms with van der Waals surface area (Å²) in [5, 5.41) is 24.6. The molecule has 1 saturated heterocycles. The van der Waals surface area contributed by atoms with Crippen LogP contribution in [-0.4, -0.2) is 38.9 Å². The molecule has 0 spiro atoms. The Hall–Kier alpha value is -2.12. The second kappa shape index (κ2) is 5.10. The highest BCUT2D eigenvalue weighted by Gasteiger charge is 2.45. The Labute approximate surface area is 116 Å². The monoisotopic (exact) mass is 282 g/mol. The lowest BCUT2D eigenvalue weighted by molar-refractivity contribution is -0.384. The lowest BCUT2D eigenvalue weighted by Crippen LogP contribution is -2.34. The van der Waals surface area contributed by atoms with E-state index in [1.165, 1.54) is 10.9 Å². The first kappa shape index (κ1) is 14.3. The van der Waals surface area contributed by atoms with Gasteiger partial charge in [0.1, 0.15) is 6.20 Å². The standard InChI is InChI=1S/C12H18N4O4/c1-3-4-12(11(17)18)5-6-15(8-12)10-9(16(19)20)7-14(2)13-10/h7H,3-6,8H2,1-2H3,(H,17,18). The summed E-state index contributed by atoms with van der Waals surface area (Å²) in [4.78, 5) is 23.8. The number of hydrogen-bond acceptors (Lipinski definition) is 5. The van der Waals surface area contributed by atoms with Crippen molar-refractivity contribution in [2.75, 3.05) is 18.0 Å². The lowest BCUT2D eigenvalue weighted by atomic mass is 9.83. The van der Waals surface area contributed by atoms with Crippen molar-refractivity contribution in [1.29, 1.82) is 0 Å². The van der Waals surface area contributed by atoms with Gasteiger partial charge in [-0.2, -0.15) is 0 Å². The third-order valence-electron chi connectivity index (χ3n) is 3.82. The van der Waals surface area contributed by atoms with Crippen molar-refractivity contribution in [3.05, 3.63) is 16.3 Å². The van der Waals surface area contributed by atoms with Crippen LogP contribution in [-0.2, 0) is 11.8 Å². The van der Waals surface area contributed by atoms with E-state index in [0.29, 0.717) is 19.4 Å². The van der Waals surface area contributed by atoms with E-state index in [0.717, 1.165) is 6.42 Å². The predicted molar refractivity (Wildman–Crippen MR) is 71.7 cm³/mol. The van der Waals surface area contributed by atoms with Gasteiger partial charge in [-0.3, -0.25) is 19.6 Å². The number of aliphatic carboxylic acids is 1. The molecule has 1 atom stereocenters. The first-order valence-electron chi connectivity index (χ1n) is 6.56. The number of aromatic nitrogens is 2. The summed E-state index contributed by atoms with van der Waals surface area (Å²) in [6.45, 7) is 2.69. The van der Waals surface area contributed by atoms with Gasteiger partial charge in [0.05, 0.1) is 10.3 Å². The van der Waals surface area contributed by atoms with E-state index in [1.807, 2.05) is 6.92 Å². The molecule has 2 heterocycles. The van der Waals surface area contributed by atoms with Crippen LogP contribution >= 0.6 is 0 Å². The SMILES string of the molecule is CCCC1(C(=O)O)CCN(c2nn(C)cc2[N+](=O)[O-])C1. The summed E-state index contributed by atoms with van der Waals surface area (Å²) in [6, 6.07) is 0. The first-order valence-corrected chi connectivity index (χ1v) is 6.56. The van der Waals surface area contributed by atoms with Crippen molar-refractivity contribution >= 4 is 17.5 Å². The Kier molecular flexibility index (Phi) is 3.65. The maximum atomic E-state index is 11.5. The Morgan fingerprint density at radius 3 is 2.90 bits per heavy atom. The molecule has 1 fully saturated rings. The average molecular weight is 282 g/mol. The molecule has 20 heavy (non-hydrogen) atoms. The molecule has 8 heteroatoms. The van der Waals surface area contributed by atoms with Crippen LogP contribution in [0.3, 0.4) is 0 Å². The number of rotatable bonds is 5. The normalized spacial score (nSPS) is 22.2. The predicted octanol–water partition coefficient (Wildman–Crippen LogP) is 1.41. The van der Waals surface area contributed by atoms with E-state index in [4.69, 9.17) is 0 Å². The number of carbonyl (C=O) groups is 1. The van der Waals surface area contributed by atoms with Crippen LogP contribution in [0, 0.1) is 15.5 Å². The molecule has 8 nitrogen and oxygen atoms in total. The van der Waals surface area contributed by atoms with Crippen molar-refractivity contribution in [2.45, 2.75) is 26.2 Å². The quantitative estimate of drug-likeness (QED) is 0.647. The van der Waals surface area contributed by atoms with Crippen molar-refractivity contribution < 1.29 is 14.8 Å². The Morgan fingerprint density at radius 1 is 1.65 bits per heavy atom. The minimum Gasteiger partial charge on any atom is -0.481 e. The summed E-state index contributed by atoms with van der Waals surface area (Å²) in [7, 11) is 1.61. The Balaban J connectivity index is 2.29. The third-order valence-corrected chi connectivity index (χ3v) is 3.82. The summed E-state index contributed by atoms with van der Waals surface area (Å²) >= 11 is 0. The van der Waals surface area contributed by atoms with Gasteiger partial charge in [0, 0.05) is 20.1 Å². The zero-order valence-electron chi connectivity index (χ0n) is 11.6. The van der Waals surface area contributed by atoms with Gasteiger partial charge in [-0.15, -0.1) is 5.10 Å². The number of carboxylic acids is 1. The van der Waals surface area contributed by atoms with Crippen LogP contribution in [0.5, 0.6) is 0 Å². The highest BCUT2D eigenvalue weighted by atomic mass is 16.6. The maximum absolute atomic E-state index is 11.5. The Bertz CT molecular complexity index is 542. The van der Waals surface area contributed by atoms with Crippen LogP contribution in [0.4, 0.5) is 11.5 Å². The minimum atomic E-state index is -0.833. The fraction of sp³-hybridized carbons (Fsp3) is 0.667. The summed E-state index contributed by atoms with van der Waals surface area (Å²) in [5.74, 6) is -0.572. The summed E-state index contributed by atoms with van der Waals surface area (Å²) in [5.41, 5.74) is -0.898. The molecular formula is C12H18N4O4. The van der Waals surface area contributed by atoms with Crippen LogP contribution in [0.2, 0.25) is 0 Å². The number of aryl methyl sites for hydroxylation is 1. The molecule has 1 N–H and O–H groups in total. The van der Waals surface area contributed by atoms with E-state index < -0.39 is 16.3 Å². The smallest absolute Gasteiger partial charge is 0.330 e. The van der Waals surface area contributed by atoms with Gasteiger partial charge in [-0.1, -0.05) is 13.3 Å². The zero-order chi connectivity index (χ0) is 14.9. The fourth-order valence-corrected chi connectivity index (χ4v) is 2.84. The number of hydrogen-bond donors (Lipinski definition) is 1. The van der Waals surface area contributed by atoms with Gasteiger partial charge in [-0.25, -0.2) is 0 Å². The van der Waals surface area contributed by atoms with E-state index in [2.05, 4.69) is 5.10 Å². The molecule has 2 rings (SSSR count). The topological polar surface area (TPSA) is 102 Å². The van der Waals surface area contributed by atoms with Gasteiger partial charge < -0.3 is 10.0 Å². The molecule has 1 aliphatic rings. The molecule has 1 unspecified atom stereocenters. The second-order valence-corrected chi connectivity index (χ2v) is 5.28. The van der Waals surface area contributed by atoms with Gasteiger partial charge in [-0.05, 0) is 12.8 Å². The molecule has 0 saturated carbocycles. The van der Waals surface area contributed by atoms with Crippen molar-refractivity contribution in [3.8, 4) is 0 Å². The van der Waals surface area contributed by atoms with Crippen LogP contribution in [0.25, 0.3) is 0 Å². The Morgan fingerprint density at radius 2 is 2.35 bits per heavy atom. The molecule has 0 aliphatic carbocycles. The number of anilines is 1. The van der Waals surface area contributed by atoms with Crippen molar-refractivity contribution in [3.63, 3.8) is 0 Å². The maximum Gasteiger partial charge on any atom is 0.330 e. The molecule has 1 aliphatic heterocycles. The minimum absolute atomic E-state index is 0.0785. The molecule has 1 aromatic rings. The summed E-state index contributed by atoms with van der Waals surface area (Å²) in [6.07, 6.45) is 3.17. The molecular weight excluding hydrogens is 264 g/mol. The molecule has 0 radical (unpaired) electrons. The highest BCUT2D eigenvalue weighted by Crippen LogP contribution is 2.39. The van der Waals surface area contributed by atoms with Crippen LogP contribution in [0.1, 0.15) is 26.2 Å². The van der Waals surface area contributed by atoms with E-state index >= 15 is 0 Å². The zero-order valence-corrected chi connectivity index (χ0v) is 11.6. The fourth-order valence-electron chi connectivity index (χ4n) is 2.84. The first-order chi connectivity index (χ1) is 9.39. The third kappa shape index (κ3) is 2.33. The molecule has 0 aromatic carbocycles. The van der Waals surface area contributed by atoms with Crippen LogP contribution < -0.4 is 4.90 Å². The van der Waals surface area contributed by atoms with Gasteiger partial charge >= 0.3 is 11.7 Å². The second-order valence-electron chi connectivity index (χ2n) is 5.28. The molecule has 0 amide bonds. The summed E-state index contributed by atoms with van der Waals surface area (Å²) < 4.78 is 1.38. The van der Waals surface area contributed by atoms with Gasteiger partial charge in [0.15, 0.2) is 0 Å². The van der Waals surface area contributed by atoms with E-state index in [9.17, 15) is 20.0 Å². The number of nitrogens with zero attached hydrogens (tertiary/aromatic N) is 4. The number of carboxylic acid groups (broad SMARTS) is 1. The highest BCUT2D eigenvalue weighted by molar-refractivity contribution is 5.77. The average Bonchev–Trinajstić information content (AvgIpc) is 2.94. The van der Waals surface area contributed by atoms with Crippen molar-refractivity contribution in [1.82, 2.24) is 9.78 Å². The number of nitro groups is 1. The molecule has 0 bridgehead atoms. The van der Waals surface area contributed by atoms with Crippen molar-refractivity contribution in [2.24, 2.45) is 12.5 Å². The molecule has 1 aromatic heterocycles. The van der Waals surface area contributed by atoms with E-state index in [1.54, 1.807) is 11.9 Å². The van der Waals surface area contributed by atoms with E-state index in [-0.39, 0.29) is 18.1 Å². The van der Waals surface area contributed by atoms with Gasteiger partial charge in [0.25, 0.3) is 0 Å². The largest absolute Gasteiger partial charge is 0.481 e. The molecule has 110 valence electrons. The lowest BCUT2D eigenvalue weighted by Gasteiger charge is -2.23. The van der Waals surface area contributed by atoms with Gasteiger partial charge in [0.2, 0.25) is 5.82 Å².